The molecule has 0 radical (unpaired) electrons. The minimum absolute atomic E-state index is 0.200. The average molecular weight is 428 g/mol. The van der Waals surface area contributed by atoms with Gasteiger partial charge in [-0.3, -0.25) is 9.59 Å². The predicted molar refractivity (Wildman–Crippen MR) is 114 cm³/mol. The Morgan fingerprint density at radius 3 is 2.70 bits per heavy atom. The number of hydrogen-bond donors (Lipinski definition) is 1. The van der Waals surface area contributed by atoms with Gasteiger partial charge in [-0.25, -0.2) is 4.68 Å². The molecule has 0 spiro atoms. The second kappa shape index (κ2) is 8.36. The Labute approximate surface area is 178 Å². The summed E-state index contributed by atoms with van der Waals surface area (Å²) >= 11 is 6.28. The van der Waals surface area contributed by atoms with E-state index in [4.69, 9.17) is 21.1 Å². The van der Waals surface area contributed by atoms with Crippen LogP contribution in [-0.2, 0) is 13.1 Å². The molecule has 1 aromatic heterocycles. The maximum absolute atomic E-state index is 13.0. The van der Waals surface area contributed by atoms with Gasteiger partial charge in [-0.2, -0.15) is 5.10 Å². The van der Waals surface area contributed by atoms with Crippen LogP contribution in [0.3, 0.4) is 0 Å². The average Bonchev–Trinajstić information content (AvgIpc) is 2.74. The number of ether oxygens (including phenoxy) is 2. The smallest absolute Gasteiger partial charge is 0.274 e. The minimum Gasteiger partial charge on any atom is -0.486 e. The van der Waals surface area contributed by atoms with E-state index in [0.717, 1.165) is 5.56 Å². The number of carbonyl (C=O) groups excluding carboxylic acids is 1. The van der Waals surface area contributed by atoms with Crippen LogP contribution >= 0.6 is 11.6 Å². The first-order chi connectivity index (χ1) is 14.4. The molecule has 0 aliphatic carbocycles. The quantitative estimate of drug-likeness (QED) is 0.674. The van der Waals surface area contributed by atoms with Crippen molar-refractivity contribution in [3.63, 3.8) is 0 Å². The zero-order valence-corrected chi connectivity index (χ0v) is 17.5. The molecule has 0 bridgehead atoms. The second-order valence-corrected chi connectivity index (χ2v) is 7.97. The van der Waals surface area contributed by atoms with Crippen LogP contribution in [0.4, 0.5) is 0 Å². The van der Waals surface area contributed by atoms with Gasteiger partial charge in [0.1, 0.15) is 13.2 Å². The van der Waals surface area contributed by atoms with Crippen LogP contribution in [0.5, 0.6) is 11.5 Å². The summed E-state index contributed by atoms with van der Waals surface area (Å²) < 4.78 is 12.5. The van der Waals surface area contributed by atoms with Gasteiger partial charge in [0, 0.05) is 18.5 Å². The second-order valence-electron chi connectivity index (χ2n) is 7.56. The molecule has 1 aliphatic rings. The van der Waals surface area contributed by atoms with Crippen LogP contribution in [0.2, 0.25) is 5.02 Å². The van der Waals surface area contributed by atoms with E-state index in [1.54, 1.807) is 36.4 Å². The van der Waals surface area contributed by atoms with E-state index in [2.05, 4.69) is 10.4 Å². The number of fused-ring (bicyclic) bond motifs is 2. The third-order valence-electron chi connectivity index (χ3n) is 4.73. The lowest BCUT2D eigenvalue weighted by atomic mass is 10.1. The van der Waals surface area contributed by atoms with Gasteiger partial charge in [-0.15, -0.1) is 0 Å². The first kappa shape index (κ1) is 20.2. The summed E-state index contributed by atoms with van der Waals surface area (Å²) in [5.41, 5.74) is 0.793. The van der Waals surface area contributed by atoms with E-state index in [9.17, 15) is 9.59 Å². The lowest BCUT2D eigenvalue weighted by molar-refractivity contribution is 0.0945. The fraction of sp³-hybridized carbons (Fsp3) is 0.318. The monoisotopic (exact) mass is 427 g/mol. The van der Waals surface area contributed by atoms with Crippen LogP contribution in [0.25, 0.3) is 10.8 Å². The van der Waals surface area contributed by atoms with Crippen molar-refractivity contribution in [2.24, 2.45) is 5.92 Å². The maximum Gasteiger partial charge on any atom is 0.274 e. The van der Waals surface area contributed by atoms with Gasteiger partial charge >= 0.3 is 0 Å². The molecule has 2 heterocycles. The third-order valence-corrected chi connectivity index (χ3v) is 5.01. The van der Waals surface area contributed by atoms with Gasteiger partial charge in [0.2, 0.25) is 0 Å². The third kappa shape index (κ3) is 3.98. The molecule has 1 aliphatic heterocycles. The first-order valence-corrected chi connectivity index (χ1v) is 10.2. The Kier molecular flexibility index (Phi) is 5.63. The number of amides is 1. The summed E-state index contributed by atoms with van der Waals surface area (Å²) in [5.74, 6) is 0.931. The van der Waals surface area contributed by atoms with E-state index in [1.807, 2.05) is 13.8 Å². The van der Waals surface area contributed by atoms with Gasteiger partial charge in [-0.05, 0) is 29.7 Å². The van der Waals surface area contributed by atoms with Crippen molar-refractivity contribution in [1.82, 2.24) is 15.1 Å². The van der Waals surface area contributed by atoms with Crippen LogP contribution in [0.15, 0.2) is 41.2 Å². The van der Waals surface area contributed by atoms with E-state index in [-0.39, 0.29) is 29.6 Å². The van der Waals surface area contributed by atoms with Crippen LogP contribution in [-0.4, -0.2) is 28.9 Å². The number of carbonyl (C=O) groups is 1. The largest absolute Gasteiger partial charge is 0.486 e. The molecule has 8 heteroatoms. The van der Waals surface area contributed by atoms with Gasteiger partial charge in [0.05, 0.1) is 10.4 Å². The molecule has 4 rings (SSSR count). The van der Waals surface area contributed by atoms with Crippen molar-refractivity contribution in [3.05, 3.63) is 63.0 Å². The number of nitrogens with zero attached hydrogens (tertiary/aromatic N) is 2. The number of rotatable bonds is 5. The molecule has 156 valence electrons. The number of hydrogen-bond acceptors (Lipinski definition) is 5. The highest BCUT2D eigenvalue weighted by Crippen LogP contribution is 2.38. The maximum atomic E-state index is 13.0. The normalized spacial score (nSPS) is 12.9. The summed E-state index contributed by atoms with van der Waals surface area (Å²) in [6, 6.07) is 10.6. The topological polar surface area (TPSA) is 82.5 Å². The van der Waals surface area contributed by atoms with E-state index in [1.165, 1.54) is 4.68 Å². The molecule has 3 aromatic rings. The Balaban J connectivity index is 1.63. The van der Waals surface area contributed by atoms with Gasteiger partial charge in [0.15, 0.2) is 17.2 Å². The van der Waals surface area contributed by atoms with E-state index >= 15 is 0 Å². The fourth-order valence-corrected chi connectivity index (χ4v) is 3.69. The van der Waals surface area contributed by atoms with Crippen molar-refractivity contribution in [3.8, 4) is 11.5 Å². The summed E-state index contributed by atoms with van der Waals surface area (Å²) in [6.07, 6.45) is 0. The summed E-state index contributed by atoms with van der Waals surface area (Å²) in [6.45, 7) is 5.56. The van der Waals surface area contributed by atoms with Crippen LogP contribution in [0.1, 0.15) is 29.9 Å². The van der Waals surface area contributed by atoms with Crippen LogP contribution in [0, 0.1) is 5.92 Å². The van der Waals surface area contributed by atoms with Gasteiger partial charge in [0.25, 0.3) is 11.5 Å². The van der Waals surface area contributed by atoms with Gasteiger partial charge in [-0.1, -0.05) is 43.6 Å². The predicted octanol–water partition coefficient (Wildman–Crippen LogP) is 3.41. The molecule has 1 amide bonds. The highest BCUT2D eigenvalue weighted by molar-refractivity contribution is 6.32. The molecule has 1 N–H and O–H groups in total. The zero-order valence-electron chi connectivity index (χ0n) is 16.8. The van der Waals surface area contributed by atoms with Crippen LogP contribution < -0.4 is 20.3 Å². The molecule has 0 atom stereocenters. The highest BCUT2D eigenvalue weighted by Gasteiger charge is 2.19. The molecule has 0 saturated carbocycles. The number of benzene rings is 2. The highest BCUT2D eigenvalue weighted by atomic mass is 35.5. The standard InChI is InChI=1S/C22H22ClN3O4/c1-13(2)12-26-22(28)16-6-4-3-5-15(16)19(25-26)21(27)24-11-14-9-17(23)20-18(10-14)29-7-8-30-20/h3-6,9-10,13H,7-8,11-12H2,1-2H3,(H,24,27). The molecular formula is C22H22ClN3O4. The molecule has 0 fully saturated rings. The lowest BCUT2D eigenvalue weighted by Gasteiger charge is -2.20. The lowest BCUT2D eigenvalue weighted by Crippen LogP contribution is -2.31. The van der Waals surface area contributed by atoms with Crippen molar-refractivity contribution in [2.75, 3.05) is 13.2 Å². The Hall–Kier alpha value is -3.06. The Morgan fingerprint density at radius 1 is 1.20 bits per heavy atom. The number of aromatic nitrogens is 2. The van der Waals surface area contributed by atoms with E-state index < -0.39 is 0 Å². The van der Waals surface area contributed by atoms with Crippen molar-refractivity contribution >= 4 is 28.3 Å². The summed E-state index contributed by atoms with van der Waals surface area (Å²) in [5, 5.41) is 8.67. The molecule has 0 saturated heterocycles. The van der Waals surface area contributed by atoms with Crippen molar-refractivity contribution < 1.29 is 14.3 Å². The van der Waals surface area contributed by atoms with Crippen molar-refractivity contribution in [2.45, 2.75) is 26.9 Å². The minimum atomic E-state index is -0.366. The molecule has 7 nitrogen and oxygen atoms in total. The first-order valence-electron chi connectivity index (χ1n) is 9.80. The Bertz CT molecular complexity index is 1170. The van der Waals surface area contributed by atoms with E-state index in [0.29, 0.717) is 47.1 Å². The SMILES string of the molecule is CC(C)Cn1nc(C(=O)NCc2cc(Cl)c3c(c2)OCCO3)c2ccccc2c1=O. The molecular weight excluding hydrogens is 406 g/mol. The van der Waals surface area contributed by atoms with Crippen molar-refractivity contribution in [1.29, 1.82) is 0 Å². The molecule has 2 aromatic carbocycles. The fourth-order valence-electron chi connectivity index (χ4n) is 3.40. The van der Waals surface area contributed by atoms with Gasteiger partial charge < -0.3 is 14.8 Å². The molecule has 30 heavy (non-hydrogen) atoms. The number of nitrogens with one attached hydrogen (secondary N) is 1. The summed E-state index contributed by atoms with van der Waals surface area (Å²) in [7, 11) is 0. The Morgan fingerprint density at radius 2 is 1.93 bits per heavy atom. The number of halogens is 1. The zero-order chi connectivity index (χ0) is 21.3. The molecule has 0 unspecified atom stereocenters. The summed E-state index contributed by atoms with van der Waals surface area (Å²) in [4.78, 5) is 25.7.